The first kappa shape index (κ1) is 12.4. The van der Waals surface area contributed by atoms with E-state index in [2.05, 4.69) is 10.3 Å². The van der Waals surface area contributed by atoms with Gasteiger partial charge in [0.05, 0.1) is 22.8 Å². The third-order valence-corrected chi connectivity index (χ3v) is 3.22. The van der Waals surface area contributed by atoms with Crippen molar-refractivity contribution in [3.63, 3.8) is 0 Å². The lowest BCUT2D eigenvalue weighted by molar-refractivity contribution is 0.0698. The van der Waals surface area contributed by atoms with E-state index >= 15 is 0 Å². The summed E-state index contributed by atoms with van der Waals surface area (Å²) in [7, 11) is 0. The van der Waals surface area contributed by atoms with Gasteiger partial charge in [0.25, 0.3) is 0 Å². The number of nitrogens with zero attached hydrogens (tertiary/aromatic N) is 1. The Morgan fingerprint density at radius 1 is 1.56 bits per heavy atom. The number of anilines is 2. The van der Waals surface area contributed by atoms with Crippen LogP contribution in [-0.2, 0) is 6.54 Å². The molecule has 5 nitrogen and oxygen atoms in total. The molecule has 4 N–H and O–H groups in total. The Labute approximate surface area is 108 Å². The summed E-state index contributed by atoms with van der Waals surface area (Å²) in [5.74, 6) is -1.00. The van der Waals surface area contributed by atoms with Crippen LogP contribution in [0.25, 0.3) is 0 Å². The zero-order chi connectivity index (χ0) is 13.1. The Morgan fingerprint density at radius 2 is 2.33 bits per heavy atom. The van der Waals surface area contributed by atoms with Gasteiger partial charge in [-0.3, -0.25) is 0 Å². The minimum atomic E-state index is -1.00. The predicted octanol–water partition coefficient (Wildman–Crippen LogP) is 2.34. The van der Waals surface area contributed by atoms with Crippen molar-refractivity contribution in [3.05, 3.63) is 39.8 Å². The van der Waals surface area contributed by atoms with Crippen LogP contribution in [0.4, 0.5) is 11.4 Å². The van der Waals surface area contributed by atoms with Crippen molar-refractivity contribution in [1.29, 1.82) is 0 Å². The number of benzene rings is 1. The molecule has 1 aromatic heterocycles. The average molecular weight is 263 g/mol. The Morgan fingerprint density at radius 3 is 2.94 bits per heavy atom. The first-order valence-electron chi connectivity index (χ1n) is 5.34. The molecule has 0 saturated carbocycles. The molecule has 0 saturated heterocycles. The molecule has 0 unspecified atom stereocenters. The van der Waals surface area contributed by atoms with Gasteiger partial charge < -0.3 is 16.2 Å². The zero-order valence-corrected chi connectivity index (χ0v) is 10.6. The zero-order valence-electron chi connectivity index (χ0n) is 9.80. The highest BCUT2D eigenvalue weighted by atomic mass is 32.1. The number of rotatable bonds is 4. The van der Waals surface area contributed by atoms with Gasteiger partial charge in [0.15, 0.2) is 0 Å². The second kappa shape index (κ2) is 5.05. The Balaban J connectivity index is 2.16. The number of carboxylic acid groups (broad SMARTS) is 1. The summed E-state index contributed by atoms with van der Waals surface area (Å²) in [6.45, 7) is 2.43. The van der Waals surface area contributed by atoms with Crippen molar-refractivity contribution in [2.45, 2.75) is 13.5 Å². The van der Waals surface area contributed by atoms with Crippen molar-refractivity contribution in [3.8, 4) is 0 Å². The molecule has 94 valence electrons. The number of aryl methyl sites for hydroxylation is 1. The molecule has 2 aromatic rings. The average Bonchev–Trinajstić information content (AvgIpc) is 2.73. The molecule has 1 heterocycles. The van der Waals surface area contributed by atoms with E-state index < -0.39 is 5.97 Å². The molecular formula is C12H13N3O2S. The van der Waals surface area contributed by atoms with Crippen LogP contribution < -0.4 is 11.1 Å². The van der Waals surface area contributed by atoms with E-state index in [-0.39, 0.29) is 5.56 Å². The number of carbonyl (C=O) groups is 1. The maximum Gasteiger partial charge on any atom is 0.337 e. The number of nitrogen functional groups attached to an aromatic ring is 1. The van der Waals surface area contributed by atoms with Crippen LogP contribution in [0.3, 0.4) is 0 Å². The lowest BCUT2D eigenvalue weighted by Gasteiger charge is -2.09. The quantitative estimate of drug-likeness (QED) is 0.737. The first-order chi connectivity index (χ1) is 8.56. The van der Waals surface area contributed by atoms with Crippen molar-refractivity contribution >= 4 is 28.7 Å². The summed E-state index contributed by atoms with van der Waals surface area (Å²) in [4.78, 5) is 15.4. The predicted molar refractivity (Wildman–Crippen MR) is 72.0 cm³/mol. The normalized spacial score (nSPS) is 10.3. The molecule has 0 bridgehead atoms. The largest absolute Gasteiger partial charge is 0.478 e. The van der Waals surface area contributed by atoms with E-state index in [4.69, 9.17) is 10.8 Å². The van der Waals surface area contributed by atoms with E-state index in [0.29, 0.717) is 17.9 Å². The van der Waals surface area contributed by atoms with Crippen molar-refractivity contribution in [1.82, 2.24) is 4.98 Å². The molecule has 0 atom stereocenters. The third-order valence-electron chi connectivity index (χ3n) is 2.40. The number of nitrogens with two attached hydrogens (primary N) is 1. The van der Waals surface area contributed by atoms with Crippen LogP contribution in [0.5, 0.6) is 0 Å². The highest BCUT2D eigenvalue weighted by Crippen LogP contribution is 2.20. The van der Waals surface area contributed by atoms with Gasteiger partial charge in [0, 0.05) is 16.8 Å². The van der Waals surface area contributed by atoms with Crippen molar-refractivity contribution in [2.24, 2.45) is 0 Å². The first-order valence-corrected chi connectivity index (χ1v) is 6.22. The van der Waals surface area contributed by atoms with Gasteiger partial charge in [0.1, 0.15) is 0 Å². The number of nitrogens with one attached hydrogen (secondary N) is 1. The van der Waals surface area contributed by atoms with Gasteiger partial charge in [-0.1, -0.05) is 0 Å². The van der Waals surface area contributed by atoms with Gasteiger partial charge in [0.2, 0.25) is 0 Å². The Kier molecular flexibility index (Phi) is 3.47. The SMILES string of the molecule is Cc1nc(CNc2ccc(N)cc2C(=O)O)cs1. The van der Waals surface area contributed by atoms with E-state index in [0.717, 1.165) is 10.7 Å². The molecule has 0 aliphatic carbocycles. The minimum Gasteiger partial charge on any atom is -0.478 e. The highest BCUT2D eigenvalue weighted by molar-refractivity contribution is 7.09. The van der Waals surface area contributed by atoms with Gasteiger partial charge in [-0.25, -0.2) is 9.78 Å². The fraction of sp³-hybridized carbons (Fsp3) is 0.167. The van der Waals surface area contributed by atoms with Crippen LogP contribution in [-0.4, -0.2) is 16.1 Å². The maximum atomic E-state index is 11.1. The molecule has 2 rings (SSSR count). The Hall–Kier alpha value is -2.08. The van der Waals surface area contributed by atoms with Crippen LogP contribution in [0, 0.1) is 6.92 Å². The summed E-state index contributed by atoms with van der Waals surface area (Å²) < 4.78 is 0. The molecule has 0 spiro atoms. The molecule has 1 aromatic carbocycles. The van der Waals surface area contributed by atoms with Crippen molar-refractivity contribution < 1.29 is 9.90 Å². The molecule has 0 aliphatic rings. The van der Waals surface area contributed by atoms with Crippen LogP contribution in [0.2, 0.25) is 0 Å². The molecule has 0 aliphatic heterocycles. The number of aromatic carboxylic acids is 1. The van der Waals surface area contributed by atoms with Gasteiger partial charge >= 0.3 is 5.97 Å². The van der Waals surface area contributed by atoms with Gasteiger partial charge in [-0.05, 0) is 25.1 Å². The minimum absolute atomic E-state index is 0.168. The molecular weight excluding hydrogens is 250 g/mol. The summed E-state index contributed by atoms with van der Waals surface area (Å²) in [5.41, 5.74) is 7.61. The fourth-order valence-corrected chi connectivity index (χ4v) is 2.18. The molecule has 6 heteroatoms. The van der Waals surface area contributed by atoms with Gasteiger partial charge in [-0.15, -0.1) is 11.3 Å². The standard InChI is InChI=1S/C12H13N3O2S/c1-7-15-9(6-18-7)5-14-11-3-2-8(13)4-10(11)12(16)17/h2-4,6,14H,5,13H2,1H3,(H,16,17). The van der Waals surface area contributed by atoms with Crippen LogP contribution in [0.15, 0.2) is 23.6 Å². The molecule has 18 heavy (non-hydrogen) atoms. The topological polar surface area (TPSA) is 88.2 Å². The van der Waals surface area contributed by atoms with Crippen LogP contribution in [0.1, 0.15) is 21.1 Å². The van der Waals surface area contributed by atoms with E-state index in [1.54, 1.807) is 23.5 Å². The number of thiazole rings is 1. The summed E-state index contributed by atoms with van der Waals surface area (Å²) in [5, 5.41) is 15.1. The number of hydrogen-bond donors (Lipinski definition) is 3. The monoisotopic (exact) mass is 263 g/mol. The van der Waals surface area contributed by atoms with E-state index in [9.17, 15) is 4.79 Å². The van der Waals surface area contributed by atoms with E-state index in [1.165, 1.54) is 6.07 Å². The smallest absolute Gasteiger partial charge is 0.337 e. The summed E-state index contributed by atoms with van der Waals surface area (Å²) >= 11 is 1.57. The number of aromatic nitrogens is 1. The summed E-state index contributed by atoms with van der Waals surface area (Å²) in [6, 6.07) is 4.77. The third kappa shape index (κ3) is 2.78. The van der Waals surface area contributed by atoms with Crippen LogP contribution >= 0.6 is 11.3 Å². The molecule has 0 fully saturated rings. The van der Waals surface area contributed by atoms with E-state index in [1.807, 2.05) is 12.3 Å². The molecule has 0 radical (unpaired) electrons. The second-order valence-corrected chi connectivity index (χ2v) is 4.88. The van der Waals surface area contributed by atoms with Gasteiger partial charge in [-0.2, -0.15) is 0 Å². The lowest BCUT2D eigenvalue weighted by Crippen LogP contribution is -2.07. The highest BCUT2D eigenvalue weighted by Gasteiger charge is 2.10. The Bertz CT molecular complexity index is 580. The number of carboxylic acids is 1. The molecule has 0 amide bonds. The maximum absolute atomic E-state index is 11.1. The fourth-order valence-electron chi connectivity index (χ4n) is 1.57. The van der Waals surface area contributed by atoms with Crippen molar-refractivity contribution in [2.75, 3.05) is 11.1 Å². The lowest BCUT2D eigenvalue weighted by atomic mass is 10.1. The summed E-state index contributed by atoms with van der Waals surface area (Å²) in [6.07, 6.45) is 0. The second-order valence-electron chi connectivity index (χ2n) is 3.82. The number of hydrogen-bond acceptors (Lipinski definition) is 5.